The van der Waals surface area contributed by atoms with Crippen LogP contribution in [0.1, 0.15) is 22.8 Å². The van der Waals surface area contributed by atoms with Crippen LogP contribution in [-0.2, 0) is 24.8 Å². The number of halogens is 1. The number of hydrogen-bond acceptors (Lipinski definition) is 7. The van der Waals surface area contributed by atoms with Crippen LogP contribution in [0.5, 0.6) is 0 Å². The number of carbonyl (C=O) groups is 2. The van der Waals surface area contributed by atoms with Gasteiger partial charge in [0.05, 0.1) is 11.3 Å². The molecule has 2 amide bonds. The third-order valence-corrected chi connectivity index (χ3v) is 7.89. The van der Waals surface area contributed by atoms with E-state index in [-0.39, 0.29) is 4.21 Å². The topological polar surface area (TPSA) is 139 Å². The van der Waals surface area contributed by atoms with Crippen LogP contribution < -0.4 is 14.8 Å². The van der Waals surface area contributed by atoms with Gasteiger partial charge in [0.2, 0.25) is 5.91 Å². The molecule has 3 N–H and O–H groups in total. The fourth-order valence-corrected chi connectivity index (χ4v) is 5.79. The Balaban J connectivity index is 2.19. The summed E-state index contributed by atoms with van der Waals surface area (Å²) < 4.78 is 67.9. The summed E-state index contributed by atoms with van der Waals surface area (Å²) in [5.41, 5.74) is -1.64. The summed E-state index contributed by atoms with van der Waals surface area (Å²) in [6.07, 6.45) is 1.91. The predicted octanol–water partition coefficient (Wildman–Crippen LogP) is 1.27. The first-order valence-corrected chi connectivity index (χ1v) is 11.9. The normalized spacial score (nSPS) is 15.2. The summed E-state index contributed by atoms with van der Waals surface area (Å²) >= 11 is 0.899. The largest absolute Gasteiger partial charge is 0.353 e. The third kappa shape index (κ3) is 4.02. The molecule has 0 bridgehead atoms. The number of hydrogen-bond donors (Lipinski definition) is 3. The fourth-order valence-electron chi connectivity index (χ4n) is 2.54. The monoisotopic (exact) mass is 459 g/mol. The molecule has 0 radical (unpaired) electrons. The number of thiophene rings is 1. The van der Waals surface area contributed by atoms with Crippen LogP contribution in [0.2, 0.25) is 0 Å². The Morgan fingerprint density at radius 1 is 1.38 bits per heavy atom. The Kier molecular flexibility index (Phi) is 5.47. The van der Waals surface area contributed by atoms with Crippen molar-refractivity contribution in [2.75, 3.05) is 11.3 Å². The second kappa shape index (κ2) is 7.57. The van der Waals surface area contributed by atoms with Gasteiger partial charge in [0.1, 0.15) is 14.9 Å². The standard InChI is InChI=1S/C16H14FN3O6S3/c1-2-18-12(21)6-5-9-10(19-29(25,26)13-4-3-7-27-13)8-11-14(15(9)17)16(22)20-28(11,23)24/h3-8,19H,2H2,1H3,(H,18,21)(H,20,22). The number of rotatable bonds is 6. The maximum absolute atomic E-state index is 15.0. The highest BCUT2D eigenvalue weighted by Gasteiger charge is 2.38. The van der Waals surface area contributed by atoms with Gasteiger partial charge >= 0.3 is 0 Å². The zero-order chi connectivity index (χ0) is 21.4. The predicted molar refractivity (Wildman–Crippen MR) is 104 cm³/mol. The SMILES string of the molecule is CCNC(=O)C=Cc1c(NS(=O)(=O)c2cccs2)cc2c(c1F)C(=O)NS2(=O)=O. The molecule has 1 aliphatic rings. The van der Waals surface area contributed by atoms with Gasteiger partial charge in [0, 0.05) is 18.2 Å². The molecule has 0 unspecified atom stereocenters. The molecule has 0 fully saturated rings. The second-order valence-corrected chi connectivity index (χ2v) is 10.2. The van der Waals surface area contributed by atoms with Crippen molar-refractivity contribution in [1.29, 1.82) is 0 Å². The van der Waals surface area contributed by atoms with Gasteiger partial charge in [-0.05, 0) is 30.5 Å². The number of sulfonamides is 2. The molecule has 0 aliphatic carbocycles. The smallest absolute Gasteiger partial charge is 0.271 e. The number of anilines is 1. The van der Waals surface area contributed by atoms with E-state index >= 15 is 4.39 Å². The van der Waals surface area contributed by atoms with E-state index in [4.69, 9.17) is 0 Å². The van der Waals surface area contributed by atoms with Gasteiger partial charge in [-0.3, -0.25) is 14.3 Å². The Morgan fingerprint density at radius 3 is 2.72 bits per heavy atom. The van der Waals surface area contributed by atoms with Crippen molar-refractivity contribution in [3.63, 3.8) is 0 Å². The molecular weight excluding hydrogens is 445 g/mol. The molecule has 0 saturated carbocycles. The third-order valence-electron chi connectivity index (χ3n) is 3.77. The zero-order valence-corrected chi connectivity index (χ0v) is 17.2. The number of nitrogens with one attached hydrogen (secondary N) is 3. The fraction of sp³-hybridized carbons (Fsp3) is 0.125. The minimum Gasteiger partial charge on any atom is -0.353 e. The van der Waals surface area contributed by atoms with Gasteiger partial charge in [-0.2, -0.15) is 0 Å². The van der Waals surface area contributed by atoms with Gasteiger partial charge in [-0.25, -0.2) is 25.9 Å². The molecule has 0 atom stereocenters. The Hall–Kier alpha value is -2.77. The molecule has 1 aliphatic heterocycles. The minimum atomic E-state index is -4.34. The molecule has 13 heteroatoms. The second-order valence-electron chi connectivity index (χ2n) is 5.73. The minimum absolute atomic E-state index is 0.0888. The van der Waals surface area contributed by atoms with Crippen molar-refractivity contribution >= 4 is 55.0 Å². The van der Waals surface area contributed by atoms with Crippen molar-refractivity contribution in [2.24, 2.45) is 0 Å². The molecule has 29 heavy (non-hydrogen) atoms. The highest BCUT2D eigenvalue weighted by molar-refractivity contribution is 7.94. The van der Waals surface area contributed by atoms with Gasteiger partial charge in [0.15, 0.2) is 0 Å². The van der Waals surface area contributed by atoms with E-state index in [1.807, 2.05) is 0 Å². The van der Waals surface area contributed by atoms with Crippen molar-refractivity contribution < 1.29 is 30.8 Å². The first kappa shape index (κ1) is 21.0. The Labute approximate surface area is 169 Å². The highest BCUT2D eigenvalue weighted by atomic mass is 32.2. The average molecular weight is 460 g/mol. The van der Waals surface area contributed by atoms with E-state index in [2.05, 4.69) is 10.0 Å². The zero-order valence-electron chi connectivity index (χ0n) is 14.7. The highest BCUT2D eigenvalue weighted by Crippen LogP contribution is 2.34. The Bertz CT molecular complexity index is 1240. The summed E-state index contributed by atoms with van der Waals surface area (Å²) in [6, 6.07) is 3.64. The lowest BCUT2D eigenvalue weighted by Crippen LogP contribution is -2.21. The molecule has 1 aromatic carbocycles. The van der Waals surface area contributed by atoms with Gasteiger partial charge < -0.3 is 5.32 Å². The maximum atomic E-state index is 15.0. The van der Waals surface area contributed by atoms with E-state index in [0.717, 1.165) is 29.6 Å². The van der Waals surface area contributed by atoms with E-state index in [1.165, 1.54) is 17.5 Å². The maximum Gasteiger partial charge on any atom is 0.271 e. The van der Waals surface area contributed by atoms with Gasteiger partial charge in [-0.1, -0.05) is 6.07 Å². The van der Waals surface area contributed by atoms with E-state index in [1.54, 1.807) is 11.6 Å². The molecule has 154 valence electrons. The van der Waals surface area contributed by atoms with Gasteiger partial charge in [-0.15, -0.1) is 11.3 Å². The van der Waals surface area contributed by atoms with Crippen LogP contribution in [0.15, 0.2) is 38.8 Å². The average Bonchev–Trinajstić information content (AvgIpc) is 3.22. The lowest BCUT2D eigenvalue weighted by molar-refractivity contribution is -0.116. The summed E-state index contributed by atoms with van der Waals surface area (Å²) in [6.45, 7) is 1.96. The van der Waals surface area contributed by atoms with Crippen molar-refractivity contribution in [2.45, 2.75) is 16.0 Å². The lowest BCUT2D eigenvalue weighted by atomic mass is 10.1. The molecular formula is C16H14FN3O6S3. The summed E-state index contributed by atoms with van der Waals surface area (Å²) in [4.78, 5) is 22.9. The summed E-state index contributed by atoms with van der Waals surface area (Å²) in [7, 11) is -8.50. The van der Waals surface area contributed by atoms with Crippen LogP contribution in [-0.4, -0.2) is 35.2 Å². The number of likely N-dealkylation sites (N-methyl/N-ethyl adjacent to an activating group) is 1. The lowest BCUT2D eigenvalue weighted by Gasteiger charge is -2.12. The quantitative estimate of drug-likeness (QED) is 0.556. The van der Waals surface area contributed by atoms with Crippen LogP contribution >= 0.6 is 11.3 Å². The molecule has 3 rings (SSSR count). The van der Waals surface area contributed by atoms with Crippen molar-refractivity contribution in [3.05, 3.63) is 46.6 Å². The molecule has 1 aromatic heterocycles. The van der Waals surface area contributed by atoms with E-state index < -0.39 is 59.4 Å². The van der Waals surface area contributed by atoms with Crippen molar-refractivity contribution in [1.82, 2.24) is 10.0 Å². The number of benzene rings is 1. The molecule has 0 spiro atoms. The van der Waals surface area contributed by atoms with Gasteiger partial charge in [0.25, 0.3) is 26.0 Å². The van der Waals surface area contributed by atoms with E-state index in [0.29, 0.717) is 6.54 Å². The molecule has 2 heterocycles. The first-order chi connectivity index (χ1) is 13.6. The molecule has 9 nitrogen and oxygen atoms in total. The summed E-state index contributed by atoms with van der Waals surface area (Å²) in [5, 5.41) is 3.95. The van der Waals surface area contributed by atoms with Crippen LogP contribution in [0.3, 0.4) is 0 Å². The Morgan fingerprint density at radius 2 is 2.10 bits per heavy atom. The molecule has 0 saturated heterocycles. The number of amides is 2. The molecule has 2 aromatic rings. The van der Waals surface area contributed by atoms with Crippen LogP contribution in [0.25, 0.3) is 6.08 Å². The number of fused-ring (bicyclic) bond motifs is 1. The first-order valence-electron chi connectivity index (χ1n) is 8.02. The number of carbonyl (C=O) groups excluding carboxylic acids is 2. The van der Waals surface area contributed by atoms with Crippen LogP contribution in [0.4, 0.5) is 10.1 Å². The van der Waals surface area contributed by atoms with E-state index in [9.17, 15) is 26.4 Å². The van der Waals surface area contributed by atoms with Crippen molar-refractivity contribution in [3.8, 4) is 0 Å². The van der Waals surface area contributed by atoms with Crippen LogP contribution in [0, 0.1) is 5.82 Å². The summed E-state index contributed by atoms with van der Waals surface area (Å²) in [5.74, 6) is -3.04.